The van der Waals surface area contributed by atoms with E-state index in [1.807, 2.05) is 6.07 Å². The molecule has 1 aliphatic heterocycles. The maximum Gasteiger partial charge on any atom is 0.224 e. The fourth-order valence-corrected chi connectivity index (χ4v) is 3.10. The van der Waals surface area contributed by atoms with Gasteiger partial charge in [0.2, 0.25) is 5.88 Å². The highest BCUT2D eigenvalue weighted by molar-refractivity contribution is 5.27. The van der Waals surface area contributed by atoms with Gasteiger partial charge >= 0.3 is 0 Å². The normalized spacial score (nSPS) is 17.5. The van der Waals surface area contributed by atoms with Gasteiger partial charge in [-0.2, -0.15) is 0 Å². The monoisotopic (exact) mass is 285 g/mol. The number of hydrogen-bond donors (Lipinski definition) is 1. The van der Waals surface area contributed by atoms with E-state index in [9.17, 15) is 0 Å². The minimum absolute atomic E-state index is 0.488. The fourth-order valence-electron chi connectivity index (χ4n) is 3.10. The molecule has 1 saturated heterocycles. The SMILES string of the molecule is c1ccc(C(CCNc2ccno2)N2CCCCC2)cc1. The van der Waals surface area contributed by atoms with Gasteiger partial charge in [0.25, 0.3) is 0 Å². The van der Waals surface area contributed by atoms with Gasteiger partial charge in [-0.15, -0.1) is 0 Å². The van der Waals surface area contributed by atoms with Gasteiger partial charge in [0.05, 0.1) is 6.20 Å². The topological polar surface area (TPSA) is 41.3 Å². The van der Waals surface area contributed by atoms with Crippen LogP contribution in [0.5, 0.6) is 0 Å². The van der Waals surface area contributed by atoms with Crippen LogP contribution in [0.25, 0.3) is 0 Å². The number of benzene rings is 1. The molecule has 1 unspecified atom stereocenters. The molecule has 0 aliphatic carbocycles. The average molecular weight is 285 g/mol. The Kier molecular flexibility index (Phi) is 4.90. The predicted molar refractivity (Wildman–Crippen MR) is 84.2 cm³/mol. The van der Waals surface area contributed by atoms with Gasteiger partial charge in [0.1, 0.15) is 0 Å². The molecule has 1 fully saturated rings. The summed E-state index contributed by atoms with van der Waals surface area (Å²) in [5.74, 6) is 0.750. The molecule has 1 atom stereocenters. The lowest BCUT2D eigenvalue weighted by Gasteiger charge is -2.35. The standard InChI is InChI=1S/C17H23N3O/c1-3-7-15(8-4-1)16(20-13-5-2-6-14-20)9-11-18-17-10-12-19-21-17/h1,3-4,7-8,10,12,16,18H,2,5-6,9,11,13-14H2. The van der Waals surface area contributed by atoms with Crippen molar-refractivity contribution in [2.45, 2.75) is 31.7 Å². The van der Waals surface area contributed by atoms with Crippen LogP contribution in [-0.4, -0.2) is 29.7 Å². The van der Waals surface area contributed by atoms with E-state index in [2.05, 4.69) is 45.7 Å². The zero-order chi connectivity index (χ0) is 14.3. The number of anilines is 1. The number of piperidine rings is 1. The first-order valence-electron chi connectivity index (χ1n) is 7.87. The molecule has 2 aromatic rings. The first-order valence-corrected chi connectivity index (χ1v) is 7.87. The summed E-state index contributed by atoms with van der Waals surface area (Å²) in [7, 11) is 0. The Bertz CT molecular complexity index is 506. The van der Waals surface area contributed by atoms with Crippen molar-refractivity contribution in [3.05, 3.63) is 48.2 Å². The summed E-state index contributed by atoms with van der Waals surface area (Å²) in [5.41, 5.74) is 1.42. The van der Waals surface area contributed by atoms with Crippen LogP contribution in [0.15, 0.2) is 47.1 Å². The molecule has 4 heteroatoms. The maximum absolute atomic E-state index is 5.09. The van der Waals surface area contributed by atoms with E-state index in [1.54, 1.807) is 6.20 Å². The summed E-state index contributed by atoms with van der Waals surface area (Å²) in [5, 5.41) is 7.03. The highest BCUT2D eigenvalue weighted by Gasteiger charge is 2.21. The zero-order valence-electron chi connectivity index (χ0n) is 12.4. The molecule has 0 radical (unpaired) electrons. The molecule has 3 rings (SSSR count). The van der Waals surface area contributed by atoms with Crippen LogP contribution in [0, 0.1) is 0 Å². The van der Waals surface area contributed by atoms with Gasteiger partial charge in [-0.25, -0.2) is 0 Å². The number of likely N-dealkylation sites (tertiary alicyclic amines) is 1. The Balaban J connectivity index is 1.63. The molecule has 1 aromatic carbocycles. The number of aromatic nitrogens is 1. The van der Waals surface area contributed by atoms with Gasteiger partial charge < -0.3 is 9.84 Å². The smallest absolute Gasteiger partial charge is 0.224 e. The summed E-state index contributed by atoms with van der Waals surface area (Å²) in [6, 6.07) is 13.2. The molecule has 1 aromatic heterocycles. The van der Waals surface area contributed by atoms with E-state index in [4.69, 9.17) is 4.52 Å². The van der Waals surface area contributed by atoms with Gasteiger partial charge in [-0.3, -0.25) is 4.90 Å². The van der Waals surface area contributed by atoms with E-state index in [0.29, 0.717) is 6.04 Å². The van der Waals surface area contributed by atoms with Crippen LogP contribution in [-0.2, 0) is 0 Å². The summed E-state index contributed by atoms with van der Waals surface area (Å²) in [6.07, 6.45) is 6.75. The number of rotatable bonds is 6. The van der Waals surface area contributed by atoms with Crippen LogP contribution in [0.3, 0.4) is 0 Å². The lowest BCUT2D eigenvalue weighted by atomic mass is 9.99. The predicted octanol–water partition coefficient (Wildman–Crippen LogP) is 3.70. The van der Waals surface area contributed by atoms with Crippen molar-refractivity contribution >= 4 is 5.88 Å². The molecule has 0 amide bonds. The van der Waals surface area contributed by atoms with Crippen molar-refractivity contribution in [1.29, 1.82) is 0 Å². The van der Waals surface area contributed by atoms with Crippen LogP contribution >= 0.6 is 0 Å². The molecule has 21 heavy (non-hydrogen) atoms. The van der Waals surface area contributed by atoms with Crippen molar-refractivity contribution in [3.8, 4) is 0 Å². The molecule has 112 valence electrons. The van der Waals surface area contributed by atoms with E-state index in [1.165, 1.54) is 37.9 Å². The van der Waals surface area contributed by atoms with Crippen molar-refractivity contribution in [2.24, 2.45) is 0 Å². The van der Waals surface area contributed by atoms with E-state index < -0.39 is 0 Å². The van der Waals surface area contributed by atoms with Crippen LogP contribution in [0.2, 0.25) is 0 Å². The zero-order valence-corrected chi connectivity index (χ0v) is 12.4. The largest absolute Gasteiger partial charge is 0.354 e. The van der Waals surface area contributed by atoms with Crippen molar-refractivity contribution in [1.82, 2.24) is 10.1 Å². The Morgan fingerprint density at radius 1 is 1.10 bits per heavy atom. The minimum atomic E-state index is 0.488. The minimum Gasteiger partial charge on any atom is -0.354 e. The van der Waals surface area contributed by atoms with E-state index >= 15 is 0 Å². The molecular weight excluding hydrogens is 262 g/mol. The molecule has 1 aliphatic rings. The van der Waals surface area contributed by atoms with E-state index in [-0.39, 0.29) is 0 Å². The lowest BCUT2D eigenvalue weighted by Crippen LogP contribution is -2.34. The maximum atomic E-state index is 5.09. The van der Waals surface area contributed by atoms with Crippen molar-refractivity contribution in [2.75, 3.05) is 25.0 Å². The third-order valence-corrected chi connectivity index (χ3v) is 4.17. The first kappa shape index (κ1) is 14.1. The third kappa shape index (κ3) is 3.85. The Morgan fingerprint density at radius 2 is 1.90 bits per heavy atom. The summed E-state index contributed by atoms with van der Waals surface area (Å²) in [4.78, 5) is 2.63. The Morgan fingerprint density at radius 3 is 2.62 bits per heavy atom. The molecule has 1 N–H and O–H groups in total. The molecule has 2 heterocycles. The summed E-state index contributed by atoms with van der Waals surface area (Å²) >= 11 is 0. The van der Waals surface area contributed by atoms with Crippen molar-refractivity contribution in [3.63, 3.8) is 0 Å². The third-order valence-electron chi connectivity index (χ3n) is 4.17. The highest BCUT2D eigenvalue weighted by atomic mass is 16.5. The molecule has 0 bridgehead atoms. The van der Waals surface area contributed by atoms with Gasteiger partial charge in [0, 0.05) is 18.7 Å². The average Bonchev–Trinajstić information content (AvgIpc) is 3.07. The molecule has 4 nitrogen and oxygen atoms in total. The molecule has 0 spiro atoms. The highest BCUT2D eigenvalue weighted by Crippen LogP contribution is 2.27. The number of nitrogens with zero attached hydrogens (tertiary/aromatic N) is 2. The second-order valence-corrected chi connectivity index (χ2v) is 5.62. The van der Waals surface area contributed by atoms with Gasteiger partial charge in [-0.05, 0) is 37.9 Å². The van der Waals surface area contributed by atoms with Crippen molar-refractivity contribution < 1.29 is 4.52 Å². The number of hydrogen-bond acceptors (Lipinski definition) is 4. The Labute approximate surface area is 126 Å². The van der Waals surface area contributed by atoms with Gasteiger partial charge in [-0.1, -0.05) is 41.9 Å². The lowest BCUT2D eigenvalue weighted by molar-refractivity contribution is 0.158. The fraction of sp³-hybridized carbons (Fsp3) is 0.471. The number of nitrogens with one attached hydrogen (secondary N) is 1. The van der Waals surface area contributed by atoms with E-state index in [0.717, 1.165) is 18.8 Å². The molecule has 0 saturated carbocycles. The first-order chi connectivity index (χ1) is 10.4. The summed E-state index contributed by atoms with van der Waals surface area (Å²) in [6.45, 7) is 3.31. The second kappa shape index (κ2) is 7.27. The van der Waals surface area contributed by atoms with Crippen LogP contribution in [0.1, 0.15) is 37.3 Å². The Hall–Kier alpha value is -1.81. The second-order valence-electron chi connectivity index (χ2n) is 5.62. The molecular formula is C17H23N3O. The van der Waals surface area contributed by atoms with Crippen LogP contribution < -0.4 is 5.32 Å². The van der Waals surface area contributed by atoms with Gasteiger partial charge in [0.15, 0.2) is 0 Å². The quantitative estimate of drug-likeness (QED) is 0.878. The van der Waals surface area contributed by atoms with Crippen LogP contribution in [0.4, 0.5) is 5.88 Å². The summed E-state index contributed by atoms with van der Waals surface area (Å²) < 4.78 is 5.09.